The zero-order valence-electron chi connectivity index (χ0n) is 17.8. The monoisotopic (exact) mass is 473 g/mol. The Labute approximate surface area is 186 Å². The van der Waals surface area contributed by atoms with Crippen LogP contribution in [0.4, 0.5) is 4.79 Å². The van der Waals surface area contributed by atoms with Gasteiger partial charge in [-0.1, -0.05) is 30.6 Å². The molecule has 174 valence electrons. The molecule has 0 aromatic carbocycles. The SMILES string of the molecule is Cc1[nH]c(=O)sc1S(=O)(=O)N1CCN(C(=O)CCCNC(=O)NC2CCCCC2)CC1. The topological polar surface area (TPSA) is 132 Å². The molecule has 1 aliphatic carbocycles. The number of carbonyl (C=O) groups excluding carboxylic acids is 2. The van der Waals surface area contributed by atoms with Crippen LogP contribution in [0.1, 0.15) is 50.6 Å². The maximum absolute atomic E-state index is 12.7. The summed E-state index contributed by atoms with van der Waals surface area (Å²) in [6, 6.07) is 0.0690. The highest BCUT2D eigenvalue weighted by Gasteiger charge is 2.32. The van der Waals surface area contributed by atoms with E-state index in [1.54, 1.807) is 11.8 Å². The first-order chi connectivity index (χ1) is 14.8. The molecule has 10 nitrogen and oxygen atoms in total. The summed E-state index contributed by atoms with van der Waals surface area (Å²) in [7, 11) is -3.74. The van der Waals surface area contributed by atoms with E-state index in [2.05, 4.69) is 15.6 Å². The molecule has 0 spiro atoms. The van der Waals surface area contributed by atoms with Crippen LogP contribution in [0.2, 0.25) is 0 Å². The summed E-state index contributed by atoms with van der Waals surface area (Å²) in [5.74, 6) is -0.0472. The van der Waals surface area contributed by atoms with Gasteiger partial charge in [0.1, 0.15) is 0 Å². The van der Waals surface area contributed by atoms with Crippen molar-refractivity contribution >= 4 is 33.3 Å². The second kappa shape index (κ2) is 10.6. The molecule has 1 aromatic rings. The van der Waals surface area contributed by atoms with Crippen LogP contribution in [0.15, 0.2) is 9.00 Å². The van der Waals surface area contributed by atoms with Gasteiger partial charge in [-0.05, 0) is 26.2 Å². The Morgan fingerprint density at radius 3 is 2.42 bits per heavy atom. The second-order valence-electron chi connectivity index (χ2n) is 8.05. The Kier molecular flexibility index (Phi) is 8.11. The standard InChI is InChI=1S/C19H31N5O5S2/c1-14-17(30-19(27)21-14)31(28,29)24-12-10-23(11-13-24)16(25)8-5-9-20-18(26)22-15-6-3-2-4-7-15/h15H,2-13H2,1H3,(H,21,27)(H2,20,22,26). The normalized spacial score (nSPS) is 18.7. The molecule has 2 aliphatic rings. The molecule has 31 heavy (non-hydrogen) atoms. The molecule has 2 heterocycles. The zero-order valence-corrected chi connectivity index (χ0v) is 19.4. The fraction of sp³-hybridized carbons (Fsp3) is 0.737. The molecular weight excluding hydrogens is 442 g/mol. The largest absolute Gasteiger partial charge is 0.340 e. The first-order valence-corrected chi connectivity index (χ1v) is 13.0. The average molecular weight is 474 g/mol. The minimum atomic E-state index is -3.74. The number of nitrogens with one attached hydrogen (secondary N) is 3. The lowest BCUT2D eigenvalue weighted by atomic mass is 9.96. The predicted molar refractivity (Wildman–Crippen MR) is 118 cm³/mol. The Bertz CT molecular complexity index is 928. The van der Waals surface area contributed by atoms with E-state index >= 15 is 0 Å². The Morgan fingerprint density at radius 1 is 1.13 bits per heavy atom. The van der Waals surface area contributed by atoms with Crippen molar-refractivity contribution in [2.24, 2.45) is 0 Å². The number of carbonyl (C=O) groups is 2. The number of piperazine rings is 1. The van der Waals surface area contributed by atoms with Crippen LogP contribution >= 0.6 is 11.3 Å². The number of aromatic amines is 1. The molecule has 1 saturated carbocycles. The van der Waals surface area contributed by atoms with Crippen molar-refractivity contribution < 1.29 is 18.0 Å². The molecule has 3 amide bonds. The molecule has 1 aromatic heterocycles. The highest BCUT2D eigenvalue weighted by atomic mass is 32.2. The number of amides is 3. The lowest BCUT2D eigenvalue weighted by molar-refractivity contribution is -0.132. The van der Waals surface area contributed by atoms with Gasteiger partial charge < -0.3 is 20.5 Å². The number of urea groups is 1. The van der Waals surface area contributed by atoms with E-state index in [1.165, 1.54) is 10.7 Å². The smallest absolute Gasteiger partial charge is 0.315 e. The van der Waals surface area contributed by atoms with E-state index in [4.69, 9.17) is 0 Å². The van der Waals surface area contributed by atoms with E-state index < -0.39 is 14.9 Å². The van der Waals surface area contributed by atoms with Crippen LogP contribution < -0.4 is 15.5 Å². The van der Waals surface area contributed by atoms with Crippen LogP contribution in [0.25, 0.3) is 0 Å². The molecule has 0 atom stereocenters. The van der Waals surface area contributed by atoms with Crippen molar-refractivity contribution in [3.05, 3.63) is 15.4 Å². The van der Waals surface area contributed by atoms with Gasteiger partial charge in [-0.15, -0.1) is 0 Å². The first kappa shape index (κ1) is 23.7. The van der Waals surface area contributed by atoms with Gasteiger partial charge in [-0.2, -0.15) is 4.31 Å². The number of hydrogen-bond acceptors (Lipinski definition) is 6. The molecule has 1 aliphatic heterocycles. The van der Waals surface area contributed by atoms with Crippen LogP contribution in [0, 0.1) is 6.92 Å². The lowest BCUT2D eigenvalue weighted by Gasteiger charge is -2.33. The number of H-pyrrole nitrogens is 1. The third-order valence-electron chi connectivity index (χ3n) is 5.74. The van der Waals surface area contributed by atoms with Crippen LogP contribution in [-0.2, 0) is 14.8 Å². The van der Waals surface area contributed by atoms with Crippen LogP contribution in [-0.4, -0.2) is 73.3 Å². The van der Waals surface area contributed by atoms with Crippen molar-refractivity contribution in [3.63, 3.8) is 0 Å². The molecule has 0 unspecified atom stereocenters. The first-order valence-electron chi connectivity index (χ1n) is 10.8. The Balaban J connectivity index is 1.37. The Hall–Kier alpha value is -1.92. The van der Waals surface area contributed by atoms with E-state index in [9.17, 15) is 22.8 Å². The summed E-state index contributed by atoms with van der Waals surface area (Å²) in [4.78, 5) is 39.6. The minimum absolute atomic E-state index is 0.0369. The van der Waals surface area contributed by atoms with E-state index in [1.807, 2.05) is 0 Å². The summed E-state index contributed by atoms with van der Waals surface area (Å²) >= 11 is 0.688. The van der Waals surface area contributed by atoms with Gasteiger partial charge in [0, 0.05) is 50.9 Å². The fourth-order valence-electron chi connectivity index (χ4n) is 4.01. The number of nitrogens with zero attached hydrogens (tertiary/aromatic N) is 2. The van der Waals surface area contributed by atoms with Crippen molar-refractivity contribution in [1.29, 1.82) is 0 Å². The number of aryl methyl sites for hydroxylation is 1. The van der Waals surface area contributed by atoms with Gasteiger partial charge >= 0.3 is 10.9 Å². The lowest BCUT2D eigenvalue weighted by Crippen LogP contribution is -2.50. The third-order valence-corrected chi connectivity index (χ3v) is 9.22. The number of aromatic nitrogens is 1. The molecule has 3 rings (SSSR count). The van der Waals surface area contributed by atoms with Gasteiger partial charge in [0.05, 0.1) is 0 Å². The van der Waals surface area contributed by atoms with Crippen molar-refractivity contribution in [3.8, 4) is 0 Å². The Morgan fingerprint density at radius 2 is 1.81 bits per heavy atom. The minimum Gasteiger partial charge on any atom is -0.340 e. The third kappa shape index (κ3) is 6.30. The van der Waals surface area contributed by atoms with E-state index in [0.29, 0.717) is 49.5 Å². The maximum atomic E-state index is 12.7. The van der Waals surface area contributed by atoms with Crippen molar-refractivity contribution in [2.45, 2.75) is 62.1 Å². The molecule has 0 bridgehead atoms. The molecule has 1 saturated heterocycles. The van der Waals surface area contributed by atoms with Gasteiger partial charge in [0.2, 0.25) is 5.91 Å². The van der Waals surface area contributed by atoms with Crippen molar-refractivity contribution in [2.75, 3.05) is 32.7 Å². The fourth-order valence-corrected chi connectivity index (χ4v) is 6.87. The number of sulfonamides is 1. The zero-order chi connectivity index (χ0) is 22.4. The molecule has 0 radical (unpaired) electrons. The van der Waals surface area contributed by atoms with Crippen LogP contribution in [0.3, 0.4) is 0 Å². The van der Waals surface area contributed by atoms with E-state index in [-0.39, 0.29) is 35.3 Å². The molecule has 2 fully saturated rings. The highest BCUT2D eigenvalue weighted by Crippen LogP contribution is 2.22. The molecule has 3 N–H and O–H groups in total. The number of hydrogen-bond donors (Lipinski definition) is 3. The highest BCUT2D eigenvalue weighted by molar-refractivity contribution is 7.91. The average Bonchev–Trinajstić information content (AvgIpc) is 3.10. The van der Waals surface area contributed by atoms with Crippen LogP contribution in [0.5, 0.6) is 0 Å². The number of rotatable bonds is 7. The van der Waals surface area contributed by atoms with Crippen molar-refractivity contribution in [1.82, 2.24) is 24.8 Å². The quantitative estimate of drug-likeness (QED) is 0.508. The molecule has 12 heteroatoms. The van der Waals surface area contributed by atoms with E-state index in [0.717, 1.165) is 25.7 Å². The summed E-state index contributed by atoms with van der Waals surface area (Å²) in [5.41, 5.74) is 0.341. The second-order valence-corrected chi connectivity index (χ2v) is 11.2. The van der Waals surface area contributed by atoms with Gasteiger partial charge in [0.25, 0.3) is 10.0 Å². The maximum Gasteiger partial charge on any atom is 0.315 e. The van der Waals surface area contributed by atoms with Gasteiger partial charge in [-0.3, -0.25) is 9.59 Å². The molecular formula is C19H31N5O5S2. The summed E-state index contributed by atoms with van der Waals surface area (Å²) in [6.07, 6.45) is 6.42. The summed E-state index contributed by atoms with van der Waals surface area (Å²) in [6.45, 7) is 3.00. The number of thiazole rings is 1. The van der Waals surface area contributed by atoms with Gasteiger partial charge in [-0.25, -0.2) is 13.2 Å². The summed E-state index contributed by atoms with van der Waals surface area (Å²) < 4.78 is 26.8. The predicted octanol–water partition coefficient (Wildman–Crippen LogP) is 0.990. The van der Waals surface area contributed by atoms with Gasteiger partial charge in [0.15, 0.2) is 4.21 Å². The summed E-state index contributed by atoms with van der Waals surface area (Å²) in [5, 5.41) is 5.78.